The van der Waals surface area contributed by atoms with Crippen LogP contribution in [0.1, 0.15) is 0 Å². The van der Waals surface area contributed by atoms with E-state index in [1.165, 1.54) is 6.07 Å². The standard InChI is InChI=1S/C16H12N2O7S2/c19-13-7-6-10-8-12(26(20,21)22)9-14(27(23,24)25)15(10)16(13)18-17-11-4-2-1-3-5-11/h1-9,19H,(H,20,21,22)(H,23,24,25). The van der Waals surface area contributed by atoms with Gasteiger partial charge in [0, 0.05) is 5.39 Å². The molecule has 0 heterocycles. The van der Waals surface area contributed by atoms with Gasteiger partial charge in [-0.15, -0.1) is 5.11 Å². The zero-order valence-corrected chi connectivity index (χ0v) is 15.0. The maximum Gasteiger partial charge on any atom is 0.295 e. The van der Waals surface area contributed by atoms with Gasteiger partial charge < -0.3 is 5.11 Å². The van der Waals surface area contributed by atoms with E-state index in [0.29, 0.717) is 11.8 Å². The van der Waals surface area contributed by atoms with Gasteiger partial charge in [0.1, 0.15) is 16.3 Å². The normalized spacial score (nSPS) is 12.7. The zero-order valence-electron chi connectivity index (χ0n) is 13.4. The van der Waals surface area contributed by atoms with E-state index in [1.54, 1.807) is 30.3 Å². The molecule has 3 N–H and O–H groups in total. The molecule has 0 aliphatic heterocycles. The first-order valence-corrected chi connectivity index (χ1v) is 10.2. The molecule has 9 nitrogen and oxygen atoms in total. The predicted octanol–water partition coefficient (Wildman–Crippen LogP) is 3.45. The average Bonchev–Trinajstić information content (AvgIpc) is 2.59. The van der Waals surface area contributed by atoms with Crippen LogP contribution in [-0.2, 0) is 20.2 Å². The van der Waals surface area contributed by atoms with Crippen molar-refractivity contribution in [1.82, 2.24) is 0 Å². The molecule has 0 spiro atoms. The van der Waals surface area contributed by atoms with E-state index in [4.69, 9.17) is 0 Å². The van der Waals surface area contributed by atoms with E-state index in [2.05, 4.69) is 10.2 Å². The highest BCUT2D eigenvalue weighted by Crippen LogP contribution is 2.40. The number of hydrogen-bond donors (Lipinski definition) is 3. The van der Waals surface area contributed by atoms with Crippen molar-refractivity contribution in [2.45, 2.75) is 9.79 Å². The summed E-state index contributed by atoms with van der Waals surface area (Å²) in [5.74, 6) is -0.438. The van der Waals surface area contributed by atoms with Crippen LogP contribution in [-0.4, -0.2) is 31.0 Å². The Morgan fingerprint density at radius 2 is 1.44 bits per heavy atom. The molecule has 3 rings (SSSR count). The molecule has 27 heavy (non-hydrogen) atoms. The third-order valence-electron chi connectivity index (χ3n) is 3.60. The van der Waals surface area contributed by atoms with E-state index >= 15 is 0 Å². The molecule has 0 aromatic heterocycles. The highest BCUT2D eigenvalue weighted by atomic mass is 32.2. The molecule has 0 bridgehead atoms. The Balaban J connectivity index is 2.38. The van der Waals surface area contributed by atoms with E-state index in [9.17, 15) is 31.0 Å². The molecule has 0 aliphatic rings. The van der Waals surface area contributed by atoms with Crippen LogP contribution in [0.5, 0.6) is 5.75 Å². The van der Waals surface area contributed by atoms with Gasteiger partial charge in [-0.25, -0.2) is 0 Å². The minimum Gasteiger partial charge on any atom is -0.506 e. The highest BCUT2D eigenvalue weighted by molar-refractivity contribution is 7.86. The maximum atomic E-state index is 11.8. The second-order valence-corrected chi connectivity index (χ2v) is 8.25. The molecule has 0 fully saturated rings. The van der Waals surface area contributed by atoms with E-state index in [1.807, 2.05) is 0 Å². The van der Waals surface area contributed by atoms with E-state index in [0.717, 1.165) is 12.1 Å². The largest absolute Gasteiger partial charge is 0.506 e. The van der Waals surface area contributed by atoms with Crippen LogP contribution < -0.4 is 0 Å². The summed E-state index contributed by atoms with van der Waals surface area (Å²) in [5, 5.41) is 17.6. The van der Waals surface area contributed by atoms with Gasteiger partial charge in [0.15, 0.2) is 0 Å². The second-order valence-electron chi connectivity index (χ2n) is 5.44. The average molecular weight is 408 g/mol. The molecule has 0 radical (unpaired) electrons. The minimum absolute atomic E-state index is 0.00226. The minimum atomic E-state index is -4.92. The van der Waals surface area contributed by atoms with Gasteiger partial charge in [-0.2, -0.15) is 21.9 Å². The topological polar surface area (TPSA) is 154 Å². The molecule has 0 unspecified atom stereocenters. The molecule has 3 aromatic rings. The Bertz CT molecular complexity index is 1270. The zero-order chi connectivity index (χ0) is 19.8. The predicted molar refractivity (Wildman–Crippen MR) is 95.9 cm³/mol. The van der Waals surface area contributed by atoms with Crippen LogP contribution in [0.3, 0.4) is 0 Å². The van der Waals surface area contributed by atoms with E-state index < -0.39 is 35.8 Å². The molecule has 140 valence electrons. The summed E-state index contributed by atoms with van der Waals surface area (Å²) in [6.07, 6.45) is 0. The number of benzene rings is 3. The summed E-state index contributed by atoms with van der Waals surface area (Å²) in [4.78, 5) is -1.58. The van der Waals surface area contributed by atoms with Crippen LogP contribution in [0, 0.1) is 0 Å². The van der Waals surface area contributed by atoms with Crippen LogP contribution in [0.25, 0.3) is 10.8 Å². The lowest BCUT2D eigenvalue weighted by molar-refractivity contribution is 0.477. The van der Waals surface area contributed by atoms with Crippen molar-refractivity contribution in [2.75, 3.05) is 0 Å². The molecule has 3 aromatic carbocycles. The second kappa shape index (κ2) is 6.70. The third kappa shape index (κ3) is 3.95. The van der Waals surface area contributed by atoms with Crippen LogP contribution in [0.4, 0.5) is 11.4 Å². The number of fused-ring (bicyclic) bond motifs is 1. The van der Waals surface area contributed by atoms with Crippen molar-refractivity contribution in [3.8, 4) is 5.75 Å². The monoisotopic (exact) mass is 408 g/mol. The fourth-order valence-electron chi connectivity index (χ4n) is 2.43. The van der Waals surface area contributed by atoms with Crippen molar-refractivity contribution in [3.05, 3.63) is 54.6 Å². The third-order valence-corrected chi connectivity index (χ3v) is 5.31. The number of rotatable bonds is 4. The number of nitrogens with zero attached hydrogens (tertiary/aromatic N) is 2. The van der Waals surface area contributed by atoms with Crippen LogP contribution in [0.2, 0.25) is 0 Å². The maximum absolute atomic E-state index is 11.8. The number of hydrogen-bond acceptors (Lipinski definition) is 7. The Labute approximate surface area is 154 Å². The quantitative estimate of drug-likeness (QED) is 0.441. The van der Waals surface area contributed by atoms with Gasteiger partial charge in [0.25, 0.3) is 20.2 Å². The summed E-state index contributed by atoms with van der Waals surface area (Å²) in [5.41, 5.74) is 0.128. The van der Waals surface area contributed by atoms with Crippen molar-refractivity contribution in [1.29, 1.82) is 0 Å². The van der Waals surface area contributed by atoms with Gasteiger partial charge in [0.2, 0.25) is 0 Å². The number of phenols is 1. The van der Waals surface area contributed by atoms with Gasteiger partial charge in [-0.3, -0.25) is 9.11 Å². The lowest BCUT2D eigenvalue weighted by Crippen LogP contribution is -2.04. The Kier molecular flexibility index (Phi) is 4.70. The molecule has 0 saturated carbocycles. The van der Waals surface area contributed by atoms with Gasteiger partial charge in [0.05, 0.1) is 10.6 Å². The van der Waals surface area contributed by atoms with Crippen molar-refractivity contribution < 1.29 is 31.0 Å². The molecule has 0 atom stereocenters. The van der Waals surface area contributed by atoms with Crippen molar-refractivity contribution in [3.63, 3.8) is 0 Å². The van der Waals surface area contributed by atoms with Gasteiger partial charge in [-0.1, -0.05) is 24.3 Å². The summed E-state index contributed by atoms with van der Waals surface area (Å²) in [6, 6.07) is 12.3. The Morgan fingerprint density at radius 1 is 0.778 bits per heavy atom. The van der Waals surface area contributed by atoms with Crippen LogP contribution >= 0.6 is 0 Å². The summed E-state index contributed by atoms with van der Waals surface area (Å²) in [6.45, 7) is 0. The molecular formula is C16H12N2O7S2. The van der Waals surface area contributed by atoms with E-state index in [-0.39, 0.29) is 16.5 Å². The fraction of sp³-hybridized carbons (Fsp3) is 0. The molecule has 0 aliphatic carbocycles. The summed E-state index contributed by atoms with van der Waals surface area (Å²) in [7, 11) is -9.67. The lowest BCUT2D eigenvalue weighted by atomic mass is 10.1. The molecule has 0 saturated heterocycles. The fourth-order valence-corrected chi connectivity index (χ4v) is 3.79. The van der Waals surface area contributed by atoms with Gasteiger partial charge in [-0.05, 0) is 35.7 Å². The van der Waals surface area contributed by atoms with Crippen molar-refractivity contribution >= 4 is 42.4 Å². The first-order chi connectivity index (χ1) is 12.6. The molecular weight excluding hydrogens is 396 g/mol. The van der Waals surface area contributed by atoms with Gasteiger partial charge >= 0.3 is 0 Å². The smallest absolute Gasteiger partial charge is 0.295 e. The number of aromatic hydroxyl groups is 1. The Morgan fingerprint density at radius 3 is 2.04 bits per heavy atom. The SMILES string of the molecule is O=S(=O)(O)c1cc(S(=O)(=O)O)c2c(N=Nc3ccccc3)c(O)ccc2c1. The lowest BCUT2D eigenvalue weighted by Gasteiger charge is -2.10. The number of azo groups is 1. The van der Waals surface area contributed by atoms with Crippen molar-refractivity contribution in [2.24, 2.45) is 10.2 Å². The molecule has 0 amide bonds. The highest BCUT2D eigenvalue weighted by Gasteiger charge is 2.23. The molecule has 11 heteroatoms. The summed E-state index contributed by atoms with van der Waals surface area (Å²) < 4.78 is 65.1. The first-order valence-electron chi connectivity index (χ1n) is 7.29. The van der Waals surface area contributed by atoms with Crippen LogP contribution in [0.15, 0.2) is 74.6 Å². The first kappa shape index (κ1) is 18.9. The Hall–Kier alpha value is -2.86. The number of phenolic OH excluding ortho intramolecular Hbond substituents is 1. The summed E-state index contributed by atoms with van der Waals surface area (Å²) >= 11 is 0.